The molecular weight excluding hydrogens is 319 g/mol. The smallest absolute Gasteiger partial charge is 0.390 e. The van der Waals surface area contributed by atoms with Gasteiger partial charge in [0.2, 0.25) is 0 Å². The van der Waals surface area contributed by atoms with Crippen molar-refractivity contribution in [1.29, 1.82) is 0 Å². The summed E-state index contributed by atoms with van der Waals surface area (Å²) in [4.78, 5) is 4.12. The zero-order valence-corrected chi connectivity index (χ0v) is 13.1. The van der Waals surface area contributed by atoms with Crippen molar-refractivity contribution in [1.82, 2.24) is 4.98 Å². The van der Waals surface area contributed by atoms with Crippen LogP contribution in [0, 0.1) is 0 Å². The number of nitrogens with zero attached hydrogens (tertiary/aromatic N) is 1. The van der Waals surface area contributed by atoms with Gasteiger partial charge in [-0.25, -0.2) is 0 Å². The molecule has 0 bridgehead atoms. The van der Waals surface area contributed by atoms with E-state index in [-0.39, 0.29) is 12.8 Å². The topological polar surface area (TPSA) is 53.4 Å². The van der Waals surface area contributed by atoms with E-state index in [2.05, 4.69) is 4.98 Å². The van der Waals surface area contributed by atoms with Gasteiger partial charge in [-0.05, 0) is 43.5 Å². The van der Waals surface area contributed by atoms with Crippen LogP contribution in [-0.2, 0) is 11.6 Å². The first-order valence-electron chi connectivity index (χ1n) is 7.63. The number of alkyl halides is 3. The van der Waals surface area contributed by atoms with E-state index in [4.69, 9.17) is 0 Å². The van der Waals surface area contributed by atoms with Crippen molar-refractivity contribution in [2.75, 3.05) is 0 Å². The highest BCUT2D eigenvalue weighted by atomic mass is 19.4. The molecule has 0 saturated heterocycles. The Labute approximate surface area is 137 Å². The molecule has 1 saturated carbocycles. The SMILES string of the molecule is CC1(O)CC(c2cccc(C(F)(F)F)c2)([C@H](O)c2ccccn2)C1. The molecule has 3 nitrogen and oxygen atoms in total. The van der Waals surface area contributed by atoms with E-state index in [0.29, 0.717) is 11.3 Å². The normalized spacial score (nSPS) is 28.2. The van der Waals surface area contributed by atoms with Crippen LogP contribution in [-0.4, -0.2) is 20.8 Å². The Bertz CT molecular complexity index is 721. The van der Waals surface area contributed by atoms with Crippen molar-refractivity contribution < 1.29 is 23.4 Å². The molecule has 1 fully saturated rings. The van der Waals surface area contributed by atoms with Gasteiger partial charge in [-0.3, -0.25) is 4.98 Å². The molecule has 1 aliphatic carbocycles. The van der Waals surface area contributed by atoms with Crippen molar-refractivity contribution in [3.05, 3.63) is 65.5 Å². The van der Waals surface area contributed by atoms with Gasteiger partial charge >= 0.3 is 6.18 Å². The van der Waals surface area contributed by atoms with Crippen molar-refractivity contribution in [2.45, 2.75) is 43.1 Å². The third-order valence-electron chi connectivity index (χ3n) is 4.65. The van der Waals surface area contributed by atoms with E-state index >= 15 is 0 Å². The van der Waals surface area contributed by atoms with Gasteiger partial charge in [-0.1, -0.05) is 24.3 Å². The number of hydrogen-bond donors (Lipinski definition) is 2. The molecule has 0 amide bonds. The first kappa shape index (κ1) is 16.9. The summed E-state index contributed by atoms with van der Waals surface area (Å²) in [5.74, 6) is 0. The van der Waals surface area contributed by atoms with Crippen molar-refractivity contribution in [3.63, 3.8) is 0 Å². The van der Waals surface area contributed by atoms with E-state index < -0.39 is 28.9 Å². The summed E-state index contributed by atoms with van der Waals surface area (Å²) in [5.41, 5.74) is -2.03. The van der Waals surface area contributed by atoms with E-state index in [1.807, 2.05) is 0 Å². The highest BCUT2D eigenvalue weighted by Gasteiger charge is 2.57. The molecule has 0 unspecified atom stereocenters. The Morgan fingerprint density at radius 1 is 1.12 bits per heavy atom. The largest absolute Gasteiger partial charge is 0.416 e. The minimum absolute atomic E-state index is 0.166. The highest BCUT2D eigenvalue weighted by molar-refractivity contribution is 5.38. The summed E-state index contributed by atoms with van der Waals surface area (Å²) in [7, 11) is 0. The van der Waals surface area contributed by atoms with Gasteiger partial charge in [0.25, 0.3) is 0 Å². The van der Waals surface area contributed by atoms with Gasteiger partial charge < -0.3 is 10.2 Å². The molecule has 128 valence electrons. The van der Waals surface area contributed by atoms with Crippen molar-refractivity contribution in [3.8, 4) is 0 Å². The number of rotatable bonds is 3. The predicted octanol–water partition coefficient (Wildman–Crippen LogP) is 3.62. The van der Waals surface area contributed by atoms with E-state index in [9.17, 15) is 23.4 Å². The molecule has 3 rings (SSSR count). The third-order valence-corrected chi connectivity index (χ3v) is 4.65. The lowest BCUT2D eigenvalue weighted by molar-refractivity contribution is -0.138. The summed E-state index contributed by atoms with van der Waals surface area (Å²) in [6.07, 6.45) is -3.70. The number of benzene rings is 1. The number of aliphatic hydroxyl groups is 2. The van der Waals surface area contributed by atoms with Crippen LogP contribution in [0.1, 0.15) is 42.7 Å². The molecular formula is C18H18F3NO2. The number of hydrogen-bond acceptors (Lipinski definition) is 3. The van der Waals surface area contributed by atoms with Gasteiger partial charge in [0, 0.05) is 11.6 Å². The van der Waals surface area contributed by atoms with Crippen LogP contribution >= 0.6 is 0 Å². The molecule has 1 aliphatic rings. The summed E-state index contributed by atoms with van der Waals surface area (Å²) >= 11 is 0. The number of aromatic nitrogens is 1. The molecule has 1 aromatic heterocycles. The summed E-state index contributed by atoms with van der Waals surface area (Å²) in [6, 6.07) is 10.00. The maximum absolute atomic E-state index is 13.0. The van der Waals surface area contributed by atoms with Gasteiger partial charge in [0.1, 0.15) is 6.10 Å². The minimum Gasteiger partial charge on any atom is -0.390 e. The second kappa shape index (κ2) is 5.57. The van der Waals surface area contributed by atoms with Crippen LogP contribution in [0.3, 0.4) is 0 Å². The average molecular weight is 337 g/mol. The van der Waals surface area contributed by atoms with E-state index in [1.165, 1.54) is 12.3 Å². The first-order chi connectivity index (χ1) is 11.1. The van der Waals surface area contributed by atoms with Gasteiger partial charge in [-0.15, -0.1) is 0 Å². The fourth-order valence-corrected chi connectivity index (χ4v) is 3.69. The fourth-order valence-electron chi connectivity index (χ4n) is 3.69. The highest BCUT2D eigenvalue weighted by Crippen LogP contribution is 2.57. The van der Waals surface area contributed by atoms with E-state index in [0.717, 1.165) is 12.1 Å². The number of pyridine rings is 1. The van der Waals surface area contributed by atoms with Gasteiger partial charge in [0.05, 0.1) is 16.9 Å². The minimum atomic E-state index is -4.46. The van der Waals surface area contributed by atoms with Crippen molar-refractivity contribution >= 4 is 0 Å². The zero-order chi connectivity index (χ0) is 17.6. The Hall–Kier alpha value is -1.92. The van der Waals surface area contributed by atoms with Crippen LogP contribution < -0.4 is 0 Å². The van der Waals surface area contributed by atoms with Crippen LogP contribution in [0.5, 0.6) is 0 Å². The average Bonchev–Trinajstić information content (AvgIpc) is 2.51. The summed E-state index contributed by atoms with van der Waals surface area (Å²) in [6.45, 7) is 1.62. The number of halogens is 3. The molecule has 1 atom stereocenters. The molecule has 0 spiro atoms. The van der Waals surface area contributed by atoms with Gasteiger partial charge in [0.15, 0.2) is 0 Å². The lowest BCUT2D eigenvalue weighted by Crippen LogP contribution is -2.56. The first-order valence-corrected chi connectivity index (χ1v) is 7.63. The second-order valence-electron chi connectivity index (χ2n) is 6.74. The molecule has 0 radical (unpaired) electrons. The Kier molecular flexibility index (Phi) is 3.92. The Morgan fingerprint density at radius 2 is 1.83 bits per heavy atom. The maximum atomic E-state index is 13.0. The monoisotopic (exact) mass is 337 g/mol. The van der Waals surface area contributed by atoms with Crippen LogP contribution in [0.4, 0.5) is 13.2 Å². The Balaban J connectivity index is 2.05. The number of aliphatic hydroxyl groups excluding tert-OH is 1. The van der Waals surface area contributed by atoms with Crippen LogP contribution in [0.2, 0.25) is 0 Å². The zero-order valence-electron chi connectivity index (χ0n) is 13.1. The quantitative estimate of drug-likeness (QED) is 0.899. The third kappa shape index (κ3) is 2.91. The van der Waals surface area contributed by atoms with Crippen LogP contribution in [0.25, 0.3) is 0 Å². The standard InChI is InChI=1S/C18H18F3NO2/c1-16(24)10-17(11-16,15(23)14-7-2-3-8-22-14)12-5-4-6-13(9-12)18(19,20)21/h2-9,15,23-24H,10-11H2,1H3/t15-,16?,17?/m1/s1. The van der Waals surface area contributed by atoms with Crippen LogP contribution in [0.15, 0.2) is 48.7 Å². The Morgan fingerprint density at radius 3 is 2.38 bits per heavy atom. The fraction of sp³-hybridized carbons (Fsp3) is 0.389. The summed E-state index contributed by atoms with van der Waals surface area (Å²) < 4.78 is 39.1. The molecule has 2 N–H and O–H groups in total. The molecule has 0 aliphatic heterocycles. The molecule has 6 heteroatoms. The lowest BCUT2D eigenvalue weighted by atomic mass is 9.53. The molecule has 24 heavy (non-hydrogen) atoms. The molecule has 1 aromatic carbocycles. The molecule has 1 heterocycles. The second-order valence-corrected chi connectivity index (χ2v) is 6.74. The van der Waals surface area contributed by atoms with Gasteiger partial charge in [-0.2, -0.15) is 13.2 Å². The predicted molar refractivity (Wildman–Crippen MR) is 82.2 cm³/mol. The lowest BCUT2D eigenvalue weighted by Gasteiger charge is -2.54. The maximum Gasteiger partial charge on any atom is 0.416 e. The van der Waals surface area contributed by atoms with Crippen molar-refractivity contribution in [2.24, 2.45) is 0 Å². The van der Waals surface area contributed by atoms with E-state index in [1.54, 1.807) is 31.2 Å². The molecule has 2 aromatic rings. The summed E-state index contributed by atoms with van der Waals surface area (Å²) in [5, 5.41) is 21.0.